The van der Waals surface area contributed by atoms with E-state index in [1.165, 1.54) is 0 Å². The molecule has 1 aliphatic heterocycles. The van der Waals surface area contributed by atoms with E-state index >= 15 is 0 Å². The number of aryl methyl sites for hydroxylation is 3. The molecule has 4 rings (SSSR count). The first-order chi connectivity index (χ1) is 16.6. The second-order valence-electron chi connectivity index (χ2n) is 9.26. The van der Waals surface area contributed by atoms with Gasteiger partial charge in [-0.05, 0) is 86.6 Å². The van der Waals surface area contributed by atoms with Gasteiger partial charge >= 0.3 is 6.03 Å². The van der Waals surface area contributed by atoms with Crippen LogP contribution in [0, 0.1) is 27.7 Å². The summed E-state index contributed by atoms with van der Waals surface area (Å²) in [7, 11) is 0. The first kappa shape index (κ1) is 24.2. The largest absolute Gasteiger partial charge is 0.335 e. The molecule has 0 saturated carbocycles. The van der Waals surface area contributed by atoms with Crippen LogP contribution in [0.3, 0.4) is 0 Å². The third kappa shape index (κ3) is 4.32. The highest BCUT2D eigenvalue weighted by Crippen LogP contribution is 2.29. The fourth-order valence-corrected chi connectivity index (χ4v) is 4.67. The minimum Gasteiger partial charge on any atom is -0.317 e. The molecule has 2 heterocycles. The van der Waals surface area contributed by atoms with Gasteiger partial charge < -0.3 is 4.57 Å². The van der Waals surface area contributed by atoms with Crippen molar-refractivity contribution < 1.29 is 14.4 Å². The zero-order chi connectivity index (χ0) is 25.4. The molecule has 0 radical (unpaired) electrons. The summed E-state index contributed by atoms with van der Waals surface area (Å²) in [5, 5.41) is 2.32. The Morgan fingerprint density at radius 2 is 1.57 bits per heavy atom. The van der Waals surface area contributed by atoms with E-state index in [1.54, 1.807) is 18.2 Å². The number of aromatic nitrogens is 1. The van der Waals surface area contributed by atoms with Gasteiger partial charge in [-0.2, -0.15) is 0 Å². The number of rotatable bonds is 5. The summed E-state index contributed by atoms with van der Waals surface area (Å²) in [6, 6.07) is 14.7. The van der Waals surface area contributed by atoms with Crippen molar-refractivity contribution in [3.63, 3.8) is 0 Å². The van der Waals surface area contributed by atoms with Gasteiger partial charge in [-0.15, -0.1) is 0 Å². The van der Waals surface area contributed by atoms with Crippen LogP contribution in [0.4, 0.5) is 10.5 Å². The van der Waals surface area contributed by atoms with E-state index in [2.05, 4.69) is 49.7 Å². The molecule has 2 aromatic carbocycles. The number of urea groups is 1. The summed E-state index contributed by atoms with van der Waals surface area (Å²) in [5.41, 5.74) is 7.50. The quantitative estimate of drug-likeness (QED) is 0.374. The average Bonchev–Trinajstić information content (AvgIpc) is 3.09. The van der Waals surface area contributed by atoms with Crippen molar-refractivity contribution in [2.45, 2.75) is 53.9 Å². The Morgan fingerprint density at radius 1 is 0.943 bits per heavy atom. The molecule has 0 aliphatic carbocycles. The predicted octanol–water partition coefficient (Wildman–Crippen LogP) is 5.89. The van der Waals surface area contributed by atoms with Crippen molar-refractivity contribution in [2.75, 3.05) is 4.90 Å². The van der Waals surface area contributed by atoms with E-state index in [0.717, 1.165) is 50.6 Å². The fraction of sp³-hybridized carbons (Fsp3) is 0.276. The van der Waals surface area contributed by atoms with Gasteiger partial charge in [0.25, 0.3) is 11.8 Å². The Labute approximate surface area is 206 Å². The van der Waals surface area contributed by atoms with Crippen LogP contribution in [0.2, 0.25) is 0 Å². The number of carbonyl (C=O) groups excluding carboxylic acids is 3. The number of barbiturate groups is 1. The minimum absolute atomic E-state index is 0.0719. The van der Waals surface area contributed by atoms with Crippen LogP contribution in [0.5, 0.6) is 0 Å². The second-order valence-corrected chi connectivity index (χ2v) is 9.26. The number of benzene rings is 2. The summed E-state index contributed by atoms with van der Waals surface area (Å²) < 4.78 is 2.14. The Morgan fingerprint density at radius 3 is 2.17 bits per heavy atom. The number of nitrogens with zero attached hydrogens (tertiary/aromatic N) is 2. The number of anilines is 1. The van der Waals surface area contributed by atoms with Crippen LogP contribution in [0.1, 0.15) is 59.8 Å². The highest BCUT2D eigenvalue weighted by molar-refractivity contribution is 6.39. The van der Waals surface area contributed by atoms with E-state index in [-0.39, 0.29) is 5.57 Å². The number of nitrogens with one attached hydrogen (secondary N) is 1. The first-order valence-electron chi connectivity index (χ1n) is 11.9. The SMILES string of the molecule is CCC(C)c1ccc(N2C(=O)NC(=O)/C(=C\c3cc(C)n(-c4c(C)cccc4C)c3C)C2=O)cc1. The molecule has 35 heavy (non-hydrogen) atoms. The number of carbonyl (C=O) groups is 3. The van der Waals surface area contributed by atoms with E-state index < -0.39 is 17.8 Å². The van der Waals surface area contributed by atoms with E-state index in [0.29, 0.717) is 11.6 Å². The van der Waals surface area contributed by atoms with Gasteiger partial charge in [0, 0.05) is 11.4 Å². The zero-order valence-electron chi connectivity index (χ0n) is 21.1. The molecule has 0 spiro atoms. The topological polar surface area (TPSA) is 71.4 Å². The summed E-state index contributed by atoms with van der Waals surface area (Å²) >= 11 is 0. The molecular weight excluding hydrogens is 438 g/mol. The Hall–Kier alpha value is -3.93. The van der Waals surface area contributed by atoms with Crippen LogP contribution in [0.15, 0.2) is 54.1 Å². The molecule has 1 atom stereocenters. The Kier molecular flexibility index (Phi) is 6.48. The lowest BCUT2D eigenvalue weighted by molar-refractivity contribution is -0.122. The lowest BCUT2D eigenvalue weighted by Crippen LogP contribution is -2.54. The van der Waals surface area contributed by atoms with Gasteiger partial charge in [-0.25, -0.2) is 9.69 Å². The molecule has 1 N–H and O–H groups in total. The summed E-state index contributed by atoms with van der Waals surface area (Å²) in [6.07, 6.45) is 2.57. The number of amides is 4. The van der Waals surface area contributed by atoms with Crippen LogP contribution in [-0.2, 0) is 9.59 Å². The molecule has 180 valence electrons. The number of para-hydroxylation sites is 1. The molecule has 4 amide bonds. The lowest BCUT2D eigenvalue weighted by Gasteiger charge is -2.26. The minimum atomic E-state index is -0.741. The highest BCUT2D eigenvalue weighted by atomic mass is 16.2. The van der Waals surface area contributed by atoms with Crippen molar-refractivity contribution in [3.8, 4) is 5.69 Å². The number of hydrogen-bond acceptors (Lipinski definition) is 3. The molecule has 1 aliphatic rings. The fourth-order valence-electron chi connectivity index (χ4n) is 4.67. The molecule has 6 nitrogen and oxygen atoms in total. The van der Waals surface area contributed by atoms with Crippen molar-refractivity contribution in [2.24, 2.45) is 0 Å². The van der Waals surface area contributed by atoms with Gasteiger partial charge in [-0.3, -0.25) is 14.9 Å². The van der Waals surface area contributed by atoms with Gasteiger partial charge in [0.15, 0.2) is 0 Å². The maximum Gasteiger partial charge on any atom is 0.335 e. The van der Waals surface area contributed by atoms with Crippen LogP contribution in [0.25, 0.3) is 11.8 Å². The maximum atomic E-state index is 13.4. The molecule has 1 fully saturated rings. The standard InChI is InChI=1S/C29H31N3O3/c1-7-17(2)22-11-13-24(14-12-22)32-28(34)25(27(33)30-29(32)35)16-23-15-20(5)31(21(23)6)26-18(3)9-8-10-19(26)4/h8-17H,7H2,1-6H3,(H,30,33,35)/b25-16+. The summed E-state index contributed by atoms with van der Waals surface area (Å²) in [6.45, 7) is 12.3. The Balaban J connectivity index is 1.74. The molecular formula is C29H31N3O3. The molecule has 1 unspecified atom stereocenters. The summed E-state index contributed by atoms with van der Waals surface area (Å²) in [4.78, 5) is 39.7. The lowest BCUT2D eigenvalue weighted by atomic mass is 9.98. The van der Waals surface area contributed by atoms with Crippen LogP contribution in [-0.4, -0.2) is 22.4 Å². The second kappa shape index (κ2) is 9.37. The average molecular weight is 470 g/mol. The van der Waals surface area contributed by atoms with E-state index in [1.807, 2.05) is 38.1 Å². The normalized spacial score (nSPS) is 16.1. The third-order valence-corrected chi connectivity index (χ3v) is 6.87. The van der Waals surface area contributed by atoms with E-state index in [4.69, 9.17) is 0 Å². The van der Waals surface area contributed by atoms with E-state index in [9.17, 15) is 14.4 Å². The van der Waals surface area contributed by atoms with Gasteiger partial charge in [0.1, 0.15) is 5.57 Å². The molecule has 1 aromatic heterocycles. The van der Waals surface area contributed by atoms with Crippen LogP contribution >= 0.6 is 0 Å². The molecule has 3 aromatic rings. The maximum absolute atomic E-state index is 13.4. The van der Waals surface area contributed by atoms with Gasteiger partial charge in [0.2, 0.25) is 0 Å². The summed E-state index contributed by atoms with van der Waals surface area (Å²) in [5.74, 6) is -0.949. The van der Waals surface area contributed by atoms with Crippen molar-refractivity contribution in [1.82, 2.24) is 9.88 Å². The van der Waals surface area contributed by atoms with Gasteiger partial charge in [0.05, 0.1) is 11.4 Å². The Bertz CT molecular complexity index is 1340. The van der Waals surface area contributed by atoms with Crippen molar-refractivity contribution >= 4 is 29.6 Å². The first-order valence-corrected chi connectivity index (χ1v) is 11.9. The molecule has 0 bridgehead atoms. The highest BCUT2D eigenvalue weighted by Gasteiger charge is 2.37. The monoisotopic (exact) mass is 469 g/mol. The van der Waals surface area contributed by atoms with Crippen LogP contribution < -0.4 is 10.2 Å². The molecule has 1 saturated heterocycles. The number of imide groups is 2. The smallest absolute Gasteiger partial charge is 0.317 e. The molecule has 6 heteroatoms. The van der Waals surface area contributed by atoms with Crippen molar-refractivity contribution in [1.29, 1.82) is 0 Å². The number of hydrogen-bond donors (Lipinski definition) is 1. The third-order valence-electron chi connectivity index (χ3n) is 6.87. The zero-order valence-corrected chi connectivity index (χ0v) is 21.1. The van der Waals surface area contributed by atoms with Crippen molar-refractivity contribution in [3.05, 3.63) is 87.7 Å². The predicted molar refractivity (Wildman–Crippen MR) is 139 cm³/mol. The van der Waals surface area contributed by atoms with Gasteiger partial charge in [-0.1, -0.05) is 44.2 Å².